The molecular formula is C15H16N2O2. The van der Waals surface area contributed by atoms with Crippen molar-refractivity contribution in [1.29, 1.82) is 0 Å². The van der Waals surface area contributed by atoms with Crippen LogP contribution in [0.2, 0.25) is 0 Å². The summed E-state index contributed by atoms with van der Waals surface area (Å²) in [6.45, 7) is 3.43. The molecule has 0 radical (unpaired) electrons. The van der Waals surface area contributed by atoms with Crippen molar-refractivity contribution < 1.29 is 9.90 Å². The molecule has 1 aromatic carbocycles. The summed E-state index contributed by atoms with van der Waals surface area (Å²) in [6, 6.07) is 10.9. The van der Waals surface area contributed by atoms with Crippen LogP contribution in [0.5, 0.6) is 0 Å². The number of hydrogen-bond acceptors (Lipinski definition) is 3. The van der Waals surface area contributed by atoms with Gasteiger partial charge in [-0.3, -0.25) is 4.98 Å². The van der Waals surface area contributed by atoms with Crippen LogP contribution in [0.25, 0.3) is 0 Å². The summed E-state index contributed by atoms with van der Waals surface area (Å²) in [4.78, 5) is 17.3. The van der Waals surface area contributed by atoms with Crippen LogP contribution in [0.1, 0.15) is 22.8 Å². The average Bonchev–Trinajstić information content (AvgIpc) is 2.46. The molecule has 0 amide bonds. The van der Waals surface area contributed by atoms with Gasteiger partial charge in [0.2, 0.25) is 0 Å². The monoisotopic (exact) mass is 256 g/mol. The smallest absolute Gasteiger partial charge is 0.337 e. The van der Waals surface area contributed by atoms with Crippen LogP contribution >= 0.6 is 0 Å². The van der Waals surface area contributed by atoms with Crippen LogP contribution in [0.3, 0.4) is 0 Å². The van der Waals surface area contributed by atoms with Crippen LogP contribution in [-0.2, 0) is 6.54 Å². The first-order valence-corrected chi connectivity index (χ1v) is 6.18. The van der Waals surface area contributed by atoms with E-state index in [0.29, 0.717) is 12.1 Å². The molecule has 1 aromatic heterocycles. The zero-order valence-corrected chi connectivity index (χ0v) is 10.8. The van der Waals surface area contributed by atoms with Gasteiger partial charge in [-0.15, -0.1) is 0 Å². The molecule has 0 aliphatic heterocycles. The third-order valence-electron chi connectivity index (χ3n) is 2.98. The maximum absolute atomic E-state index is 11.3. The van der Waals surface area contributed by atoms with E-state index in [1.165, 1.54) is 0 Å². The van der Waals surface area contributed by atoms with E-state index in [1.54, 1.807) is 24.5 Å². The lowest BCUT2D eigenvalue weighted by atomic mass is 10.1. The van der Waals surface area contributed by atoms with E-state index in [2.05, 4.69) is 4.98 Å². The van der Waals surface area contributed by atoms with E-state index in [9.17, 15) is 9.90 Å². The first-order chi connectivity index (χ1) is 9.22. The van der Waals surface area contributed by atoms with E-state index < -0.39 is 5.97 Å². The van der Waals surface area contributed by atoms with Gasteiger partial charge < -0.3 is 10.0 Å². The van der Waals surface area contributed by atoms with E-state index in [1.807, 2.05) is 36.1 Å². The normalized spacial score (nSPS) is 10.2. The van der Waals surface area contributed by atoms with Crippen molar-refractivity contribution in [3.63, 3.8) is 0 Å². The van der Waals surface area contributed by atoms with Crippen molar-refractivity contribution in [2.24, 2.45) is 0 Å². The quantitative estimate of drug-likeness (QED) is 0.893. The van der Waals surface area contributed by atoms with Gasteiger partial charge in [0.1, 0.15) is 0 Å². The highest BCUT2D eigenvalue weighted by Crippen LogP contribution is 2.22. The number of carbonyl (C=O) groups is 1. The zero-order valence-electron chi connectivity index (χ0n) is 10.8. The van der Waals surface area contributed by atoms with Crippen molar-refractivity contribution in [1.82, 2.24) is 4.98 Å². The Labute approximate surface area is 112 Å². The largest absolute Gasteiger partial charge is 0.478 e. The molecule has 0 aliphatic carbocycles. The fourth-order valence-corrected chi connectivity index (χ4v) is 2.01. The first-order valence-electron chi connectivity index (χ1n) is 6.18. The standard InChI is InChI=1S/C15H16N2O2/c1-2-17(11-12-7-9-16-10-8-12)14-6-4-3-5-13(14)15(18)19/h3-10H,2,11H2,1H3,(H,18,19). The molecule has 0 spiro atoms. The molecule has 2 rings (SSSR count). The summed E-state index contributed by atoms with van der Waals surface area (Å²) in [6.07, 6.45) is 3.48. The fourth-order valence-electron chi connectivity index (χ4n) is 2.01. The lowest BCUT2D eigenvalue weighted by molar-refractivity contribution is 0.0697. The maximum atomic E-state index is 11.3. The van der Waals surface area contributed by atoms with Crippen LogP contribution in [0.15, 0.2) is 48.8 Å². The van der Waals surface area contributed by atoms with Crippen molar-refractivity contribution in [2.45, 2.75) is 13.5 Å². The lowest BCUT2D eigenvalue weighted by Crippen LogP contribution is -2.24. The molecule has 0 unspecified atom stereocenters. The number of rotatable bonds is 5. The summed E-state index contributed by atoms with van der Waals surface area (Å²) in [5.41, 5.74) is 2.18. The molecular weight excluding hydrogens is 240 g/mol. The van der Waals surface area contributed by atoms with Crippen molar-refractivity contribution in [2.75, 3.05) is 11.4 Å². The van der Waals surface area contributed by atoms with Gasteiger partial charge in [0.05, 0.1) is 11.3 Å². The highest BCUT2D eigenvalue weighted by Gasteiger charge is 2.14. The molecule has 4 heteroatoms. The number of carboxylic acid groups (broad SMARTS) is 1. The minimum atomic E-state index is -0.899. The number of nitrogens with zero attached hydrogens (tertiary/aromatic N) is 2. The molecule has 98 valence electrons. The predicted octanol–water partition coefficient (Wildman–Crippen LogP) is 2.81. The Hall–Kier alpha value is -2.36. The Kier molecular flexibility index (Phi) is 4.13. The van der Waals surface area contributed by atoms with Crippen molar-refractivity contribution in [3.8, 4) is 0 Å². The molecule has 0 saturated heterocycles. The van der Waals surface area contributed by atoms with E-state index in [0.717, 1.165) is 17.8 Å². The number of hydrogen-bond donors (Lipinski definition) is 1. The van der Waals surface area contributed by atoms with Gasteiger partial charge in [-0.25, -0.2) is 4.79 Å². The number of anilines is 1. The number of aromatic carboxylic acids is 1. The molecule has 1 N–H and O–H groups in total. The molecule has 0 bridgehead atoms. The van der Waals surface area contributed by atoms with Crippen LogP contribution in [0, 0.1) is 0 Å². The minimum Gasteiger partial charge on any atom is -0.478 e. The lowest BCUT2D eigenvalue weighted by Gasteiger charge is -2.24. The summed E-state index contributed by atoms with van der Waals surface area (Å²) in [5.74, 6) is -0.899. The Bertz CT molecular complexity index is 555. The molecule has 0 saturated carbocycles. The van der Waals surface area contributed by atoms with E-state index in [-0.39, 0.29) is 0 Å². The highest BCUT2D eigenvalue weighted by molar-refractivity contribution is 5.94. The molecule has 0 atom stereocenters. The Morgan fingerprint density at radius 3 is 2.53 bits per heavy atom. The Balaban J connectivity index is 2.30. The van der Waals surface area contributed by atoms with Gasteiger partial charge in [-0.1, -0.05) is 12.1 Å². The van der Waals surface area contributed by atoms with Gasteiger partial charge in [-0.05, 0) is 36.8 Å². The molecule has 1 heterocycles. The predicted molar refractivity (Wildman–Crippen MR) is 74.4 cm³/mol. The van der Waals surface area contributed by atoms with Crippen LogP contribution < -0.4 is 4.90 Å². The van der Waals surface area contributed by atoms with Gasteiger partial charge >= 0.3 is 5.97 Å². The Morgan fingerprint density at radius 1 is 1.21 bits per heavy atom. The maximum Gasteiger partial charge on any atom is 0.337 e. The van der Waals surface area contributed by atoms with Gasteiger partial charge in [0, 0.05) is 25.5 Å². The second-order valence-corrected chi connectivity index (χ2v) is 4.19. The topological polar surface area (TPSA) is 53.4 Å². The first kappa shape index (κ1) is 13.1. The van der Waals surface area contributed by atoms with Gasteiger partial charge in [0.15, 0.2) is 0 Å². The molecule has 0 fully saturated rings. The number of para-hydroxylation sites is 1. The number of aromatic nitrogens is 1. The number of benzene rings is 1. The fraction of sp³-hybridized carbons (Fsp3) is 0.200. The molecule has 19 heavy (non-hydrogen) atoms. The van der Waals surface area contributed by atoms with Crippen LogP contribution in [0.4, 0.5) is 5.69 Å². The molecule has 0 aliphatic rings. The van der Waals surface area contributed by atoms with Crippen molar-refractivity contribution >= 4 is 11.7 Å². The van der Waals surface area contributed by atoms with Gasteiger partial charge in [-0.2, -0.15) is 0 Å². The minimum absolute atomic E-state index is 0.332. The molecule has 4 nitrogen and oxygen atoms in total. The number of carboxylic acids is 1. The third kappa shape index (κ3) is 3.10. The second kappa shape index (κ2) is 6.00. The molecule has 2 aromatic rings. The van der Waals surface area contributed by atoms with E-state index in [4.69, 9.17) is 0 Å². The highest BCUT2D eigenvalue weighted by atomic mass is 16.4. The van der Waals surface area contributed by atoms with Crippen molar-refractivity contribution in [3.05, 3.63) is 59.9 Å². The zero-order chi connectivity index (χ0) is 13.7. The average molecular weight is 256 g/mol. The summed E-state index contributed by atoms with van der Waals surface area (Å²) in [7, 11) is 0. The SMILES string of the molecule is CCN(Cc1ccncc1)c1ccccc1C(=O)O. The Morgan fingerprint density at radius 2 is 1.89 bits per heavy atom. The summed E-state index contributed by atoms with van der Waals surface area (Å²) >= 11 is 0. The summed E-state index contributed by atoms with van der Waals surface area (Å²) < 4.78 is 0. The van der Waals surface area contributed by atoms with Gasteiger partial charge in [0.25, 0.3) is 0 Å². The van der Waals surface area contributed by atoms with Crippen LogP contribution in [-0.4, -0.2) is 22.6 Å². The summed E-state index contributed by atoms with van der Waals surface area (Å²) in [5, 5.41) is 9.24. The second-order valence-electron chi connectivity index (χ2n) is 4.19. The third-order valence-corrected chi connectivity index (χ3v) is 2.98. The number of pyridine rings is 1. The van der Waals surface area contributed by atoms with E-state index >= 15 is 0 Å².